The SMILES string of the molecule is COC(=O)C1=C(C)NC(C)C(CCOC(=O)c2ccc(Cn3ccnc3)cc2)(C(=O)O)C1c1cccc([N+](=O)[O-])c1. The molecule has 214 valence electrons. The van der Waals surface area contributed by atoms with Crippen molar-refractivity contribution >= 4 is 23.6 Å². The Balaban J connectivity index is 1.62. The van der Waals surface area contributed by atoms with Crippen molar-refractivity contribution in [1.82, 2.24) is 14.9 Å². The molecule has 1 aromatic heterocycles. The van der Waals surface area contributed by atoms with Crippen LogP contribution in [-0.2, 0) is 25.6 Å². The van der Waals surface area contributed by atoms with E-state index in [0.717, 1.165) is 5.56 Å². The van der Waals surface area contributed by atoms with Gasteiger partial charge in [0.1, 0.15) is 5.41 Å². The molecule has 4 rings (SSSR count). The van der Waals surface area contributed by atoms with Gasteiger partial charge in [-0.05, 0) is 37.1 Å². The van der Waals surface area contributed by atoms with Crippen molar-refractivity contribution in [2.75, 3.05) is 13.7 Å². The lowest BCUT2D eigenvalue weighted by Crippen LogP contribution is -2.57. The number of carboxylic acid groups (broad SMARTS) is 1. The first-order chi connectivity index (χ1) is 19.6. The summed E-state index contributed by atoms with van der Waals surface area (Å²) in [6, 6.07) is 11.6. The van der Waals surface area contributed by atoms with Gasteiger partial charge in [-0.2, -0.15) is 0 Å². The van der Waals surface area contributed by atoms with Crippen molar-refractivity contribution in [2.45, 2.75) is 38.8 Å². The first-order valence-corrected chi connectivity index (χ1v) is 12.8. The molecular formula is C29H30N4O8. The summed E-state index contributed by atoms with van der Waals surface area (Å²) in [5.74, 6) is -3.80. The third kappa shape index (κ3) is 5.81. The van der Waals surface area contributed by atoms with Gasteiger partial charge in [0.2, 0.25) is 0 Å². The quantitative estimate of drug-likeness (QED) is 0.212. The number of aliphatic carboxylic acids is 1. The Bertz CT molecular complexity index is 1480. The first kappa shape index (κ1) is 29.0. The number of nitro groups is 1. The fourth-order valence-corrected chi connectivity index (χ4v) is 5.43. The molecule has 41 heavy (non-hydrogen) atoms. The molecule has 3 atom stereocenters. The monoisotopic (exact) mass is 562 g/mol. The number of allylic oxidation sites excluding steroid dienone is 1. The number of imidazole rings is 1. The lowest BCUT2D eigenvalue weighted by Gasteiger charge is -2.47. The maximum Gasteiger partial charge on any atom is 0.338 e. The minimum atomic E-state index is -1.73. The summed E-state index contributed by atoms with van der Waals surface area (Å²) in [7, 11) is 1.18. The minimum Gasteiger partial charge on any atom is -0.481 e. The van der Waals surface area contributed by atoms with Gasteiger partial charge < -0.3 is 24.5 Å². The van der Waals surface area contributed by atoms with Crippen LogP contribution in [0.3, 0.4) is 0 Å². The van der Waals surface area contributed by atoms with Crippen molar-refractivity contribution in [3.05, 3.63) is 105 Å². The lowest BCUT2D eigenvalue weighted by atomic mass is 9.60. The van der Waals surface area contributed by atoms with Gasteiger partial charge >= 0.3 is 17.9 Å². The highest BCUT2D eigenvalue weighted by atomic mass is 16.6. The molecule has 3 aromatic rings. The number of nitrogens with zero attached hydrogens (tertiary/aromatic N) is 3. The van der Waals surface area contributed by atoms with Gasteiger partial charge in [0.25, 0.3) is 5.69 Å². The number of nitrogens with one attached hydrogen (secondary N) is 1. The zero-order chi connectivity index (χ0) is 29.7. The lowest BCUT2D eigenvalue weighted by molar-refractivity contribution is -0.384. The highest BCUT2D eigenvalue weighted by Crippen LogP contribution is 2.51. The van der Waals surface area contributed by atoms with Crippen LogP contribution in [0, 0.1) is 15.5 Å². The van der Waals surface area contributed by atoms with Crippen molar-refractivity contribution < 1.29 is 33.9 Å². The van der Waals surface area contributed by atoms with Crippen LogP contribution in [-0.4, -0.2) is 57.2 Å². The molecule has 0 amide bonds. The Morgan fingerprint density at radius 1 is 1.17 bits per heavy atom. The van der Waals surface area contributed by atoms with E-state index >= 15 is 0 Å². The molecule has 0 fully saturated rings. The van der Waals surface area contributed by atoms with Crippen molar-refractivity contribution in [2.24, 2.45) is 5.41 Å². The summed E-state index contributed by atoms with van der Waals surface area (Å²) in [4.78, 5) is 53.8. The zero-order valence-electron chi connectivity index (χ0n) is 22.8. The summed E-state index contributed by atoms with van der Waals surface area (Å²) >= 11 is 0. The molecular weight excluding hydrogens is 532 g/mol. The van der Waals surface area contributed by atoms with E-state index in [2.05, 4.69) is 10.3 Å². The van der Waals surface area contributed by atoms with E-state index in [1.807, 2.05) is 10.8 Å². The predicted molar refractivity (Wildman–Crippen MR) is 146 cm³/mol. The van der Waals surface area contributed by atoms with Crippen molar-refractivity contribution in [3.8, 4) is 0 Å². The number of nitro benzene ring substituents is 1. The van der Waals surface area contributed by atoms with Crippen molar-refractivity contribution in [3.63, 3.8) is 0 Å². The number of esters is 2. The number of hydrogen-bond donors (Lipinski definition) is 2. The summed E-state index contributed by atoms with van der Waals surface area (Å²) < 4.78 is 12.4. The Labute approximate surface area is 235 Å². The molecule has 0 saturated carbocycles. The molecule has 0 radical (unpaired) electrons. The predicted octanol–water partition coefficient (Wildman–Crippen LogP) is 3.68. The number of non-ortho nitro benzene ring substituents is 1. The molecule has 2 aromatic carbocycles. The van der Waals surface area contributed by atoms with E-state index in [4.69, 9.17) is 9.47 Å². The Morgan fingerprint density at radius 2 is 1.90 bits per heavy atom. The highest BCUT2D eigenvalue weighted by Gasteiger charge is 2.56. The second-order valence-electron chi connectivity index (χ2n) is 9.84. The van der Waals surface area contributed by atoms with E-state index in [1.165, 1.54) is 25.3 Å². The fraction of sp³-hybridized carbons (Fsp3) is 0.310. The number of ether oxygens (including phenoxy) is 2. The third-order valence-electron chi connectivity index (χ3n) is 7.49. The van der Waals surface area contributed by atoms with E-state index < -0.39 is 40.2 Å². The molecule has 2 heterocycles. The molecule has 0 bridgehead atoms. The average Bonchev–Trinajstić information content (AvgIpc) is 3.46. The number of hydrogen-bond acceptors (Lipinski definition) is 9. The summed E-state index contributed by atoms with van der Waals surface area (Å²) in [5, 5.41) is 25.2. The molecule has 12 nitrogen and oxygen atoms in total. The minimum absolute atomic E-state index is 0.0355. The van der Waals surface area contributed by atoms with E-state index in [9.17, 15) is 29.6 Å². The fourth-order valence-electron chi connectivity index (χ4n) is 5.43. The van der Waals surface area contributed by atoms with Gasteiger partial charge in [-0.3, -0.25) is 14.9 Å². The number of benzene rings is 2. The van der Waals surface area contributed by atoms with Gasteiger partial charge in [0.15, 0.2) is 0 Å². The van der Waals surface area contributed by atoms with Crippen LogP contribution in [0.1, 0.15) is 47.7 Å². The van der Waals surface area contributed by atoms with Crippen LogP contribution in [0.4, 0.5) is 5.69 Å². The average molecular weight is 563 g/mol. The number of aromatic nitrogens is 2. The smallest absolute Gasteiger partial charge is 0.338 e. The molecule has 1 aliphatic heterocycles. The topological polar surface area (TPSA) is 163 Å². The molecule has 1 aliphatic rings. The number of carbonyl (C=O) groups is 3. The highest BCUT2D eigenvalue weighted by molar-refractivity contribution is 5.94. The zero-order valence-corrected chi connectivity index (χ0v) is 22.8. The number of carbonyl (C=O) groups excluding carboxylic acids is 2. The van der Waals surface area contributed by atoms with E-state index in [1.54, 1.807) is 56.7 Å². The van der Waals surface area contributed by atoms with Crippen LogP contribution in [0.25, 0.3) is 0 Å². The summed E-state index contributed by atoms with van der Waals surface area (Å²) in [6.07, 6.45) is 4.99. The summed E-state index contributed by atoms with van der Waals surface area (Å²) in [6.45, 7) is 3.56. The van der Waals surface area contributed by atoms with Crippen LogP contribution < -0.4 is 5.32 Å². The van der Waals surface area contributed by atoms with Crippen LogP contribution in [0.2, 0.25) is 0 Å². The van der Waals surface area contributed by atoms with Gasteiger partial charge in [-0.25, -0.2) is 14.6 Å². The van der Waals surface area contributed by atoms with Crippen LogP contribution in [0.15, 0.2) is 78.5 Å². The van der Waals surface area contributed by atoms with Gasteiger partial charge in [-0.1, -0.05) is 24.3 Å². The largest absolute Gasteiger partial charge is 0.481 e. The number of rotatable bonds is 10. The standard InChI is InChI=1S/C29H30N4O8/c1-18-24(27(35)40-3)25(22-5-4-6-23(15-22)33(38)39)29(28(36)37,19(2)31-18)11-14-41-26(34)21-9-7-20(8-10-21)16-32-13-12-30-17-32/h4-10,12-13,15,17,19,25,31H,11,14,16H2,1-3H3,(H,36,37). The van der Waals surface area contributed by atoms with E-state index in [-0.39, 0.29) is 29.9 Å². The van der Waals surface area contributed by atoms with Crippen molar-refractivity contribution in [1.29, 1.82) is 0 Å². The first-order valence-electron chi connectivity index (χ1n) is 12.8. The maximum absolute atomic E-state index is 13.1. The van der Waals surface area contributed by atoms with Crippen LogP contribution >= 0.6 is 0 Å². The van der Waals surface area contributed by atoms with Gasteiger partial charge in [-0.15, -0.1) is 0 Å². The van der Waals surface area contributed by atoms with Gasteiger partial charge in [0.05, 0.1) is 36.1 Å². The third-order valence-corrected chi connectivity index (χ3v) is 7.49. The Morgan fingerprint density at radius 3 is 2.51 bits per heavy atom. The summed E-state index contributed by atoms with van der Waals surface area (Å²) in [5.41, 5.74) is -0.0534. The molecule has 2 N–H and O–H groups in total. The van der Waals surface area contributed by atoms with Crippen LogP contribution in [0.5, 0.6) is 0 Å². The maximum atomic E-state index is 13.1. The molecule has 0 aliphatic carbocycles. The molecule has 3 unspecified atom stereocenters. The second kappa shape index (κ2) is 12.0. The molecule has 0 spiro atoms. The molecule has 12 heteroatoms. The van der Waals surface area contributed by atoms with E-state index in [0.29, 0.717) is 17.8 Å². The normalized spacial score (nSPS) is 20.2. The number of methoxy groups -OCH3 is 1. The van der Waals surface area contributed by atoms with Gasteiger partial charge in [0, 0.05) is 55.1 Å². The number of carboxylic acids is 1. The second-order valence-corrected chi connectivity index (χ2v) is 9.84. The Hall–Kier alpha value is -5.00. The Kier molecular flexibility index (Phi) is 8.51. The molecule has 0 saturated heterocycles.